The van der Waals surface area contributed by atoms with Crippen LogP contribution in [0.1, 0.15) is 72.6 Å². The Labute approximate surface area is 327 Å². The van der Waals surface area contributed by atoms with E-state index in [-0.39, 0.29) is 48.8 Å². The first-order chi connectivity index (χ1) is 26.5. The van der Waals surface area contributed by atoms with Crippen molar-refractivity contribution in [1.82, 2.24) is 24.8 Å². The SMILES string of the molecule is COc1ccc2c(O[C@@H]3C[C@H]4C(=O)N[C@]5(C(=O)NS(=O)(=O)C6(F)CC6)C[C@H]5C=CCC[C@@H](C)C[C@@H](C)[C@H](N(C(=O)O)C(C)(C)C(F)(F)F)C(=O)N4C3)nccc2c1. The van der Waals surface area contributed by atoms with Crippen LogP contribution in [0.3, 0.4) is 0 Å². The fourth-order valence-electron chi connectivity index (χ4n) is 7.98. The lowest BCUT2D eigenvalue weighted by Gasteiger charge is -2.45. The van der Waals surface area contributed by atoms with Crippen molar-refractivity contribution in [3.05, 3.63) is 42.6 Å². The number of sulfonamides is 1. The molecule has 57 heavy (non-hydrogen) atoms. The van der Waals surface area contributed by atoms with E-state index in [1.54, 1.807) is 41.1 Å². The van der Waals surface area contributed by atoms with E-state index >= 15 is 0 Å². The molecule has 1 saturated heterocycles. The van der Waals surface area contributed by atoms with Gasteiger partial charge in [0.15, 0.2) is 0 Å². The number of carbonyl (C=O) groups excluding carboxylic acids is 3. The van der Waals surface area contributed by atoms with E-state index in [1.807, 2.05) is 6.92 Å². The van der Waals surface area contributed by atoms with Crippen molar-refractivity contribution < 1.29 is 59.7 Å². The number of fused-ring (bicyclic) bond motifs is 3. The molecule has 1 aromatic carbocycles. The van der Waals surface area contributed by atoms with Gasteiger partial charge in [0.25, 0.3) is 15.9 Å². The van der Waals surface area contributed by atoms with Crippen LogP contribution < -0.4 is 19.5 Å². The van der Waals surface area contributed by atoms with Gasteiger partial charge in [-0.1, -0.05) is 26.0 Å². The molecular formula is C38H47F4N5O9S. The van der Waals surface area contributed by atoms with Crippen molar-refractivity contribution in [1.29, 1.82) is 0 Å². The Hall–Kier alpha value is -4.68. The first-order valence-electron chi connectivity index (χ1n) is 18.8. The van der Waals surface area contributed by atoms with Crippen molar-refractivity contribution in [3.8, 4) is 11.6 Å². The number of allylic oxidation sites excluding steroid dienone is 1. The number of pyridine rings is 1. The Bertz CT molecular complexity index is 2080. The quantitative estimate of drug-likeness (QED) is 0.240. The molecule has 312 valence electrons. The van der Waals surface area contributed by atoms with Crippen molar-refractivity contribution in [2.24, 2.45) is 17.8 Å². The molecular weight excluding hydrogens is 779 g/mol. The summed E-state index contributed by atoms with van der Waals surface area (Å²) in [6.45, 7) is 4.24. The summed E-state index contributed by atoms with van der Waals surface area (Å²) in [6.07, 6.45) is -3.26. The molecule has 0 bridgehead atoms. The molecule has 2 aliphatic heterocycles. The molecule has 14 nitrogen and oxygen atoms in total. The van der Waals surface area contributed by atoms with Gasteiger partial charge in [-0.05, 0) is 81.0 Å². The fraction of sp³-hybridized carbons (Fsp3) is 0.605. The van der Waals surface area contributed by atoms with E-state index in [1.165, 1.54) is 20.2 Å². The van der Waals surface area contributed by atoms with Gasteiger partial charge in [-0.15, -0.1) is 0 Å². The number of ether oxygens (including phenoxy) is 2. The molecule has 2 saturated carbocycles. The number of hydrogen-bond donors (Lipinski definition) is 3. The second-order valence-electron chi connectivity index (χ2n) is 16.3. The molecule has 3 heterocycles. The predicted molar refractivity (Wildman–Crippen MR) is 197 cm³/mol. The zero-order chi connectivity index (χ0) is 41.9. The van der Waals surface area contributed by atoms with Crippen LogP contribution in [0.15, 0.2) is 42.6 Å². The Morgan fingerprint density at radius 3 is 2.46 bits per heavy atom. The highest BCUT2D eigenvalue weighted by molar-refractivity contribution is 7.91. The number of amides is 4. The van der Waals surface area contributed by atoms with Gasteiger partial charge < -0.3 is 24.8 Å². The number of nitrogens with one attached hydrogen (secondary N) is 2. The number of nitrogens with zero attached hydrogens (tertiary/aromatic N) is 3. The molecule has 4 amide bonds. The summed E-state index contributed by atoms with van der Waals surface area (Å²) in [6, 6.07) is 3.31. The molecule has 19 heteroatoms. The summed E-state index contributed by atoms with van der Waals surface area (Å²) in [5, 5.41) is 11.6. The summed E-state index contributed by atoms with van der Waals surface area (Å²) in [7, 11) is -3.29. The molecule has 2 aliphatic carbocycles. The van der Waals surface area contributed by atoms with Gasteiger partial charge in [-0.25, -0.2) is 27.3 Å². The average molecular weight is 826 g/mol. The molecule has 2 aromatic rings. The number of benzene rings is 1. The van der Waals surface area contributed by atoms with Crippen molar-refractivity contribution in [2.45, 2.75) is 113 Å². The van der Waals surface area contributed by atoms with E-state index in [2.05, 4.69) is 10.3 Å². The molecule has 0 radical (unpaired) electrons. The van der Waals surface area contributed by atoms with Crippen LogP contribution in [0.2, 0.25) is 0 Å². The summed E-state index contributed by atoms with van der Waals surface area (Å²) in [4.78, 5) is 61.4. The first-order valence-corrected chi connectivity index (χ1v) is 20.3. The van der Waals surface area contributed by atoms with Crippen molar-refractivity contribution >= 4 is 44.6 Å². The highest BCUT2D eigenvalue weighted by Gasteiger charge is 2.65. The van der Waals surface area contributed by atoms with Gasteiger partial charge >= 0.3 is 12.3 Å². The number of aromatic nitrogens is 1. The Morgan fingerprint density at radius 1 is 1.12 bits per heavy atom. The van der Waals surface area contributed by atoms with Crippen molar-refractivity contribution in [3.63, 3.8) is 0 Å². The van der Waals surface area contributed by atoms with Crippen LogP contribution in [0.5, 0.6) is 11.6 Å². The molecule has 6 rings (SSSR count). The Balaban J connectivity index is 1.42. The highest BCUT2D eigenvalue weighted by Crippen LogP contribution is 2.48. The largest absolute Gasteiger partial charge is 0.497 e. The van der Waals surface area contributed by atoms with E-state index in [4.69, 9.17) is 9.47 Å². The van der Waals surface area contributed by atoms with E-state index in [0.29, 0.717) is 43.2 Å². The zero-order valence-corrected chi connectivity index (χ0v) is 33.0. The number of rotatable bonds is 8. The van der Waals surface area contributed by atoms with Crippen LogP contribution in [0, 0.1) is 17.8 Å². The molecule has 0 unspecified atom stereocenters. The number of hydrogen-bond acceptors (Lipinski definition) is 9. The molecule has 4 aliphatic rings. The Kier molecular flexibility index (Phi) is 11.0. The van der Waals surface area contributed by atoms with Gasteiger partial charge in [-0.2, -0.15) is 13.2 Å². The second-order valence-corrected chi connectivity index (χ2v) is 18.2. The van der Waals surface area contributed by atoms with Crippen LogP contribution in [0.25, 0.3) is 10.8 Å². The second kappa shape index (κ2) is 14.9. The number of methoxy groups -OCH3 is 1. The predicted octanol–water partition coefficient (Wildman–Crippen LogP) is 5.07. The van der Waals surface area contributed by atoms with Crippen LogP contribution >= 0.6 is 0 Å². The highest BCUT2D eigenvalue weighted by atomic mass is 32.2. The van der Waals surface area contributed by atoms with E-state index in [0.717, 1.165) is 4.90 Å². The third-order valence-electron chi connectivity index (χ3n) is 11.7. The molecule has 3 N–H and O–H groups in total. The summed E-state index contributed by atoms with van der Waals surface area (Å²) < 4.78 is 97.7. The van der Waals surface area contributed by atoms with E-state index in [9.17, 15) is 50.3 Å². The third-order valence-corrected chi connectivity index (χ3v) is 13.5. The topological polar surface area (TPSA) is 185 Å². The maximum absolute atomic E-state index is 14.9. The first kappa shape index (κ1) is 41.9. The molecule has 1 aromatic heterocycles. The van der Waals surface area contributed by atoms with Crippen LogP contribution in [0.4, 0.5) is 22.4 Å². The minimum atomic E-state index is -5.12. The van der Waals surface area contributed by atoms with Crippen LogP contribution in [-0.4, -0.2) is 106 Å². The lowest BCUT2D eigenvalue weighted by Crippen LogP contribution is -2.66. The standard InChI is InChI=1S/C38H47F4N5O9S/c1-21-8-6-7-9-24-19-37(24,33(50)45-57(53,54)36(39)13-14-36)44-30(48)28-18-26(56-31-27-11-10-25(55-5)17-23(27)12-15-43-31)20-46(28)32(49)29(22(2)16-21)47(34(51)52)35(3,4)38(40,41)42/h7,9-12,15,17,21-22,24,26,28-29H,6,8,13-14,16,18-20H2,1-5H3,(H,44,48)(H,45,50)(H,51,52)/t21-,22-,24-,26-,28+,29+,37-/m1/s1. The van der Waals surface area contributed by atoms with Crippen LogP contribution in [-0.2, 0) is 24.4 Å². The molecule has 7 atom stereocenters. The number of carbonyl (C=O) groups is 4. The van der Waals surface area contributed by atoms with Gasteiger partial charge in [0.2, 0.25) is 22.7 Å². The lowest BCUT2D eigenvalue weighted by atomic mass is 9.85. The lowest BCUT2D eigenvalue weighted by molar-refractivity contribution is -0.222. The average Bonchev–Trinajstić information content (AvgIpc) is 4.01. The monoisotopic (exact) mass is 825 g/mol. The maximum atomic E-state index is 14.9. The zero-order valence-electron chi connectivity index (χ0n) is 32.1. The summed E-state index contributed by atoms with van der Waals surface area (Å²) in [5.74, 6) is -4.52. The van der Waals surface area contributed by atoms with Gasteiger partial charge in [0.05, 0.1) is 13.7 Å². The van der Waals surface area contributed by atoms with Gasteiger partial charge in [-0.3, -0.25) is 19.3 Å². The minimum absolute atomic E-state index is 0.0678. The Morgan fingerprint density at radius 2 is 1.82 bits per heavy atom. The number of carboxylic acid groups (broad SMARTS) is 1. The minimum Gasteiger partial charge on any atom is -0.497 e. The summed E-state index contributed by atoms with van der Waals surface area (Å²) >= 11 is 0. The van der Waals surface area contributed by atoms with Gasteiger partial charge in [0.1, 0.15) is 35.0 Å². The van der Waals surface area contributed by atoms with Gasteiger partial charge in [0, 0.05) is 36.8 Å². The number of halogens is 4. The summed E-state index contributed by atoms with van der Waals surface area (Å²) in [5.41, 5.74) is -4.94. The molecule has 0 spiro atoms. The normalized spacial score (nSPS) is 29.2. The fourth-order valence-corrected chi connectivity index (χ4v) is 9.23. The number of alkyl halides is 4. The van der Waals surface area contributed by atoms with Crippen molar-refractivity contribution in [2.75, 3.05) is 13.7 Å². The third kappa shape index (κ3) is 7.95. The van der Waals surface area contributed by atoms with E-state index < -0.39 is 92.7 Å². The maximum Gasteiger partial charge on any atom is 0.411 e. The smallest absolute Gasteiger partial charge is 0.411 e. The molecule has 3 fully saturated rings.